The SMILES string of the molecule is CCc1noc(COc2cc(Cl)c(S(N)(=O)=O)cc2Cl)n1. The molecule has 0 spiro atoms. The van der Waals surface area contributed by atoms with Crippen LogP contribution in [0.3, 0.4) is 0 Å². The molecule has 0 saturated carbocycles. The van der Waals surface area contributed by atoms with Crippen LogP contribution >= 0.6 is 23.2 Å². The van der Waals surface area contributed by atoms with E-state index in [1.807, 2.05) is 6.92 Å². The number of sulfonamides is 1. The van der Waals surface area contributed by atoms with Crippen LogP contribution in [0.2, 0.25) is 10.0 Å². The van der Waals surface area contributed by atoms with Crippen LogP contribution in [0.1, 0.15) is 18.6 Å². The standard InChI is InChI=1S/C11H11Cl2N3O4S/c1-2-10-15-11(20-16-10)5-19-8-3-7(13)9(4-6(8)12)21(14,17)18/h3-4H,2,5H2,1H3,(H2,14,17,18). The van der Waals surface area contributed by atoms with Crippen LogP contribution in [0.4, 0.5) is 0 Å². The van der Waals surface area contributed by atoms with E-state index in [1.54, 1.807) is 0 Å². The molecule has 1 heterocycles. The lowest BCUT2D eigenvalue weighted by Gasteiger charge is -2.09. The Morgan fingerprint density at radius 1 is 1.33 bits per heavy atom. The highest BCUT2D eigenvalue weighted by Crippen LogP contribution is 2.33. The molecule has 21 heavy (non-hydrogen) atoms. The largest absolute Gasteiger partial charge is 0.482 e. The molecule has 114 valence electrons. The van der Waals surface area contributed by atoms with Gasteiger partial charge in [-0.05, 0) is 6.07 Å². The number of ether oxygens (including phenoxy) is 1. The summed E-state index contributed by atoms with van der Waals surface area (Å²) >= 11 is 11.8. The predicted octanol–water partition coefficient (Wildman–Crippen LogP) is 2.17. The lowest BCUT2D eigenvalue weighted by atomic mass is 10.3. The summed E-state index contributed by atoms with van der Waals surface area (Å²) in [6.07, 6.45) is 0.638. The fourth-order valence-electron chi connectivity index (χ4n) is 1.47. The fourth-order valence-corrected chi connectivity index (χ4v) is 2.84. The number of aromatic nitrogens is 2. The summed E-state index contributed by atoms with van der Waals surface area (Å²) in [6.45, 7) is 1.87. The Bertz CT molecular complexity index is 761. The first-order chi connectivity index (χ1) is 9.81. The van der Waals surface area contributed by atoms with E-state index in [0.717, 1.165) is 6.07 Å². The summed E-state index contributed by atoms with van der Waals surface area (Å²) in [6, 6.07) is 2.39. The minimum absolute atomic E-state index is 0.0161. The van der Waals surface area contributed by atoms with Crippen molar-refractivity contribution in [2.24, 2.45) is 5.14 Å². The number of primary sulfonamides is 1. The van der Waals surface area contributed by atoms with Gasteiger partial charge in [-0.2, -0.15) is 4.98 Å². The predicted molar refractivity (Wildman–Crippen MR) is 75.8 cm³/mol. The molecule has 0 aliphatic rings. The second-order valence-electron chi connectivity index (χ2n) is 4.00. The van der Waals surface area contributed by atoms with E-state index < -0.39 is 10.0 Å². The first kappa shape index (κ1) is 16.0. The molecule has 0 radical (unpaired) electrons. The number of hydrogen-bond donors (Lipinski definition) is 1. The van der Waals surface area contributed by atoms with Crippen LogP contribution < -0.4 is 9.88 Å². The molecule has 2 aromatic rings. The minimum Gasteiger partial charge on any atom is -0.482 e. The Hall–Kier alpha value is -1.35. The van der Waals surface area contributed by atoms with E-state index in [-0.39, 0.29) is 33.2 Å². The zero-order valence-corrected chi connectivity index (χ0v) is 13.2. The van der Waals surface area contributed by atoms with Gasteiger partial charge in [0.05, 0.1) is 10.0 Å². The molecule has 0 atom stereocenters. The van der Waals surface area contributed by atoms with Gasteiger partial charge in [0, 0.05) is 12.5 Å². The third-order valence-corrected chi connectivity index (χ3v) is 4.14. The molecule has 2 rings (SSSR count). The molecule has 1 aromatic carbocycles. The number of hydrogen-bond acceptors (Lipinski definition) is 6. The van der Waals surface area contributed by atoms with Crippen molar-refractivity contribution < 1.29 is 17.7 Å². The Labute approximate surface area is 131 Å². The van der Waals surface area contributed by atoms with Gasteiger partial charge in [0.25, 0.3) is 5.89 Å². The van der Waals surface area contributed by atoms with E-state index in [0.29, 0.717) is 12.2 Å². The minimum atomic E-state index is -3.95. The topological polar surface area (TPSA) is 108 Å². The van der Waals surface area contributed by atoms with Crippen LogP contribution in [0.25, 0.3) is 0 Å². The zero-order chi connectivity index (χ0) is 15.6. The smallest absolute Gasteiger partial charge is 0.264 e. The summed E-state index contributed by atoms with van der Waals surface area (Å²) in [7, 11) is -3.95. The average Bonchev–Trinajstić information content (AvgIpc) is 2.86. The van der Waals surface area contributed by atoms with Gasteiger partial charge in [-0.1, -0.05) is 35.3 Å². The maximum absolute atomic E-state index is 11.3. The molecule has 7 nitrogen and oxygen atoms in total. The molecule has 0 unspecified atom stereocenters. The van der Waals surface area contributed by atoms with Crippen LogP contribution in [-0.4, -0.2) is 18.6 Å². The Morgan fingerprint density at radius 3 is 2.62 bits per heavy atom. The molecule has 10 heteroatoms. The molecule has 0 amide bonds. The highest BCUT2D eigenvalue weighted by atomic mass is 35.5. The lowest BCUT2D eigenvalue weighted by molar-refractivity contribution is 0.242. The maximum Gasteiger partial charge on any atom is 0.264 e. The number of benzene rings is 1. The van der Waals surface area contributed by atoms with Crippen molar-refractivity contribution in [2.75, 3.05) is 0 Å². The summed E-state index contributed by atoms with van der Waals surface area (Å²) in [5.41, 5.74) is 0. The van der Waals surface area contributed by atoms with Crippen molar-refractivity contribution in [1.29, 1.82) is 0 Å². The molecule has 0 saturated heterocycles. The second-order valence-corrected chi connectivity index (χ2v) is 6.35. The Balaban J connectivity index is 2.19. The maximum atomic E-state index is 11.3. The van der Waals surface area contributed by atoms with Crippen LogP contribution in [-0.2, 0) is 23.1 Å². The van der Waals surface area contributed by atoms with Crippen molar-refractivity contribution in [1.82, 2.24) is 10.1 Å². The van der Waals surface area contributed by atoms with Crippen molar-refractivity contribution in [3.05, 3.63) is 33.9 Å². The highest BCUT2D eigenvalue weighted by molar-refractivity contribution is 7.89. The number of aryl methyl sites for hydroxylation is 1. The lowest BCUT2D eigenvalue weighted by Crippen LogP contribution is -2.13. The van der Waals surface area contributed by atoms with Gasteiger partial charge < -0.3 is 9.26 Å². The molecular formula is C11H11Cl2N3O4S. The van der Waals surface area contributed by atoms with E-state index in [9.17, 15) is 8.42 Å². The Morgan fingerprint density at radius 2 is 2.05 bits per heavy atom. The van der Waals surface area contributed by atoms with E-state index in [2.05, 4.69) is 10.1 Å². The summed E-state index contributed by atoms with van der Waals surface area (Å²) in [5.74, 6) is 1.02. The van der Waals surface area contributed by atoms with Crippen molar-refractivity contribution in [3.63, 3.8) is 0 Å². The number of halogens is 2. The number of nitrogens with two attached hydrogens (primary N) is 1. The van der Waals surface area contributed by atoms with E-state index in [1.165, 1.54) is 6.07 Å². The van der Waals surface area contributed by atoms with Crippen LogP contribution in [0.5, 0.6) is 5.75 Å². The Kier molecular flexibility index (Phi) is 4.72. The van der Waals surface area contributed by atoms with Gasteiger partial charge in [-0.25, -0.2) is 13.6 Å². The summed E-state index contributed by atoms with van der Waals surface area (Å²) in [4.78, 5) is 3.79. The van der Waals surface area contributed by atoms with Gasteiger partial charge in [-0.15, -0.1) is 0 Å². The third-order valence-electron chi connectivity index (χ3n) is 2.47. The van der Waals surface area contributed by atoms with Crippen molar-refractivity contribution in [3.8, 4) is 5.75 Å². The number of nitrogens with zero attached hydrogens (tertiary/aromatic N) is 2. The summed E-state index contributed by atoms with van der Waals surface area (Å²) < 4.78 is 32.9. The van der Waals surface area contributed by atoms with Gasteiger partial charge >= 0.3 is 0 Å². The molecule has 2 N–H and O–H groups in total. The monoisotopic (exact) mass is 351 g/mol. The first-order valence-corrected chi connectivity index (χ1v) is 8.07. The van der Waals surface area contributed by atoms with E-state index in [4.69, 9.17) is 37.6 Å². The first-order valence-electron chi connectivity index (χ1n) is 5.77. The molecule has 0 aliphatic heterocycles. The molecule has 0 fully saturated rings. The quantitative estimate of drug-likeness (QED) is 0.883. The van der Waals surface area contributed by atoms with Crippen LogP contribution in [0, 0.1) is 0 Å². The summed E-state index contributed by atoms with van der Waals surface area (Å²) in [5, 5.41) is 8.69. The third kappa shape index (κ3) is 3.85. The molecule has 0 bridgehead atoms. The van der Waals surface area contributed by atoms with Gasteiger partial charge in [0.2, 0.25) is 10.0 Å². The van der Waals surface area contributed by atoms with Gasteiger partial charge in [0.1, 0.15) is 10.6 Å². The average molecular weight is 352 g/mol. The van der Waals surface area contributed by atoms with Crippen LogP contribution in [0.15, 0.2) is 21.6 Å². The number of rotatable bonds is 5. The second kappa shape index (κ2) is 6.18. The molecular weight excluding hydrogens is 341 g/mol. The fraction of sp³-hybridized carbons (Fsp3) is 0.273. The van der Waals surface area contributed by atoms with Gasteiger partial charge in [0.15, 0.2) is 12.4 Å². The van der Waals surface area contributed by atoms with Crippen molar-refractivity contribution in [2.45, 2.75) is 24.8 Å². The normalized spacial score (nSPS) is 11.6. The molecule has 0 aliphatic carbocycles. The zero-order valence-electron chi connectivity index (χ0n) is 10.8. The van der Waals surface area contributed by atoms with Crippen molar-refractivity contribution >= 4 is 33.2 Å². The molecule has 1 aromatic heterocycles. The highest BCUT2D eigenvalue weighted by Gasteiger charge is 2.17. The van der Waals surface area contributed by atoms with Gasteiger partial charge in [-0.3, -0.25) is 0 Å². The van der Waals surface area contributed by atoms with E-state index >= 15 is 0 Å².